The van der Waals surface area contributed by atoms with Crippen molar-refractivity contribution in [3.63, 3.8) is 0 Å². The van der Waals surface area contributed by atoms with Crippen LogP contribution in [0.5, 0.6) is 0 Å². The summed E-state index contributed by atoms with van der Waals surface area (Å²) in [7, 11) is 1.52. The Morgan fingerprint density at radius 1 is 1.02 bits per heavy atom. The number of ether oxygens (including phenoxy) is 4. The fourth-order valence-corrected chi connectivity index (χ4v) is 4.83. The Hall–Kier alpha value is -3.25. The van der Waals surface area contributed by atoms with Crippen LogP contribution < -0.4 is 16.8 Å². The highest BCUT2D eigenvalue weighted by Crippen LogP contribution is 2.27. The molecule has 6 N–H and O–H groups in total. The molecule has 220 valence electrons. The van der Waals surface area contributed by atoms with Crippen LogP contribution in [0.25, 0.3) is 10.8 Å². The second-order valence-corrected chi connectivity index (χ2v) is 10.3. The molecule has 3 aromatic rings. The molecule has 0 aliphatic carbocycles. The van der Waals surface area contributed by atoms with E-state index in [1.54, 1.807) is 12.1 Å². The Kier molecular flexibility index (Phi) is 11.3. The molecule has 0 radical (unpaired) electrons. The van der Waals surface area contributed by atoms with Gasteiger partial charge in [-0.2, -0.15) is 0 Å². The summed E-state index contributed by atoms with van der Waals surface area (Å²) >= 11 is 6.02. The highest BCUT2D eigenvalue weighted by molar-refractivity contribution is 6.30. The number of carbonyl (C=O) groups is 1. The summed E-state index contributed by atoms with van der Waals surface area (Å²) in [5.74, 6) is -0.308. The molecule has 5 atom stereocenters. The zero-order valence-corrected chi connectivity index (χ0v) is 23.7. The fraction of sp³-hybridized carbons (Fsp3) is 0.400. The Balaban J connectivity index is 1.54. The van der Waals surface area contributed by atoms with Gasteiger partial charge in [-0.3, -0.25) is 9.79 Å². The highest BCUT2D eigenvalue weighted by Gasteiger charge is 2.47. The number of nitrogens with two attached hydrogens (primary N) is 2. The van der Waals surface area contributed by atoms with Gasteiger partial charge in [0.2, 0.25) is 5.91 Å². The van der Waals surface area contributed by atoms with Crippen LogP contribution in [0.3, 0.4) is 0 Å². The van der Waals surface area contributed by atoms with Crippen LogP contribution in [-0.2, 0) is 37.0 Å². The number of aliphatic hydroxyl groups is 1. The molecule has 11 heteroatoms. The molecule has 0 spiro atoms. The number of aliphatic imine (C=N–C) groups is 1. The second-order valence-electron chi connectivity index (χ2n) is 9.89. The summed E-state index contributed by atoms with van der Waals surface area (Å²) < 4.78 is 23.9. The van der Waals surface area contributed by atoms with Crippen LogP contribution in [0.15, 0.2) is 71.7 Å². The first-order valence-corrected chi connectivity index (χ1v) is 13.8. The van der Waals surface area contributed by atoms with E-state index in [0.717, 1.165) is 21.9 Å². The van der Waals surface area contributed by atoms with Crippen molar-refractivity contribution in [1.29, 1.82) is 0 Å². The van der Waals surface area contributed by atoms with Crippen molar-refractivity contribution in [2.24, 2.45) is 16.5 Å². The Labute approximate surface area is 244 Å². The van der Waals surface area contributed by atoms with Gasteiger partial charge in [0.1, 0.15) is 24.4 Å². The summed E-state index contributed by atoms with van der Waals surface area (Å²) in [5.41, 5.74) is 12.6. The summed E-state index contributed by atoms with van der Waals surface area (Å²) in [6.45, 7) is 0.809. The summed E-state index contributed by atoms with van der Waals surface area (Å²) in [5, 5.41) is 17.1. The summed E-state index contributed by atoms with van der Waals surface area (Å²) in [4.78, 5) is 16.9. The topological polar surface area (TPSA) is 151 Å². The first-order chi connectivity index (χ1) is 19.8. The minimum absolute atomic E-state index is 0.0313. The lowest BCUT2D eigenvalue weighted by atomic mass is 9.96. The monoisotopic (exact) mass is 584 g/mol. The number of amides is 1. The summed E-state index contributed by atoms with van der Waals surface area (Å²) in [6, 6.07) is 20.5. The van der Waals surface area contributed by atoms with Gasteiger partial charge >= 0.3 is 0 Å². The number of carbonyl (C=O) groups excluding carboxylic acids is 1. The molecule has 0 unspecified atom stereocenters. The van der Waals surface area contributed by atoms with Crippen LogP contribution >= 0.6 is 11.6 Å². The van der Waals surface area contributed by atoms with E-state index in [9.17, 15) is 9.90 Å². The van der Waals surface area contributed by atoms with Gasteiger partial charge in [-0.25, -0.2) is 0 Å². The molecule has 1 fully saturated rings. The molecule has 41 heavy (non-hydrogen) atoms. The minimum atomic E-state index is -1.10. The number of fused-ring (bicyclic) bond motifs is 1. The quantitative estimate of drug-likeness (QED) is 0.136. The number of methoxy groups -OCH3 is 1. The van der Waals surface area contributed by atoms with Crippen molar-refractivity contribution in [3.8, 4) is 0 Å². The molecule has 1 aliphatic heterocycles. The Morgan fingerprint density at radius 3 is 2.46 bits per heavy atom. The van der Waals surface area contributed by atoms with Gasteiger partial charge in [0.05, 0.1) is 19.8 Å². The van der Waals surface area contributed by atoms with E-state index >= 15 is 0 Å². The zero-order chi connectivity index (χ0) is 29.2. The minimum Gasteiger partial charge on any atom is -0.388 e. The van der Waals surface area contributed by atoms with Crippen molar-refractivity contribution >= 4 is 34.2 Å². The maximum Gasteiger partial charge on any atom is 0.220 e. The molecule has 0 saturated carbocycles. The molecule has 1 aliphatic rings. The van der Waals surface area contributed by atoms with E-state index in [2.05, 4.69) is 10.3 Å². The van der Waals surface area contributed by atoms with Gasteiger partial charge in [-0.15, -0.1) is 0 Å². The van der Waals surface area contributed by atoms with Crippen LogP contribution in [0.4, 0.5) is 0 Å². The van der Waals surface area contributed by atoms with Gasteiger partial charge < -0.3 is 40.8 Å². The molecule has 1 saturated heterocycles. The van der Waals surface area contributed by atoms with Crippen molar-refractivity contribution < 1.29 is 28.8 Å². The van der Waals surface area contributed by atoms with Crippen molar-refractivity contribution in [3.05, 3.63) is 82.9 Å². The average molecular weight is 585 g/mol. The smallest absolute Gasteiger partial charge is 0.220 e. The molecular weight excluding hydrogens is 548 g/mol. The lowest BCUT2D eigenvalue weighted by Gasteiger charge is -2.44. The summed E-state index contributed by atoms with van der Waals surface area (Å²) in [6.07, 6.45) is -3.04. The van der Waals surface area contributed by atoms with Crippen molar-refractivity contribution in [2.75, 3.05) is 20.3 Å². The molecule has 10 nitrogen and oxygen atoms in total. The third-order valence-electron chi connectivity index (χ3n) is 6.77. The Bertz CT molecular complexity index is 1300. The van der Waals surface area contributed by atoms with E-state index < -0.39 is 30.6 Å². The van der Waals surface area contributed by atoms with Crippen LogP contribution in [0.2, 0.25) is 5.02 Å². The normalized spacial score (nSPS) is 22.4. The number of benzene rings is 3. The predicted octanol–water partition coefficient (Wildman–Crippen LogP) is 2.87. The lowest BCUT2D eigenvalue weighted by molar-refractivity contribution is -0.282. The van der Waals surface area contributed by atoms with Crippen LogP contribution in [0, 0.1) is 0 Å². The lowest BCUT2D eigenvalue weighted by Crippen LogP contribution is -2.65. The van der Waals surface area contributed by atoms with E-state index in [1.165, 1.54) is 7.11 Å². The Morgan fingerprint density at radius 2 is 1.73 bits per heavy atom. The molecule has 0 aromatic heterocycles. The predicted molar refractivity (Wildman–Crippen MR) is 157 cm³/mol. The van der Waals surface area contributed by atoms with E-state index in [4.69, 9.17) is 42.0 Å². The molecule has 1 heterocycles. The molecule has 0 bridgehead atoms. The van der Waals surface area contributed by atoms with Gasteiger partial charge in [0.15, 0.2) is 12.2 Å². The highest BCUT2D eigenvalue weighted by atomic mass is 35.5. The molecule has 4 rings (SSSR count). The van der Waals surface area contributed by atoms with Crippen molar-refractivity contribution in [2.45, 2.75) is 56.7 Å². The zero-order valence-electron chi connectivity index (χ0n) is 22.9. The van der Waals surface area contributed by atoms with Gasteiger partial charge in [0.25, 0.3) is 0 Å². The van der Waals surface area contributed by atoms with E-state index in [0.29, 0.717) is 18.0 Å². The number of nitrogens with one attached hydrogen (secondary N) is 1. The number of aliphatic hydroxyl groups excluding tert-OH is 1. The fourth-order valence-electron chi connectivity index (χ4n) is 4.70. The molecule has 3 aromatic carbocycles. The van der Waals surface area contributed by atoms with Crippen LogP contribution in [0.1, 0.15) is 24.0 Å². The number of nitrogens with zero attached hydrogens (tertiary/aromatic N) is 1. The maximum atomic E-state index is 13.0. The maximum absolute atomic E-state index is 13.0. The second kappa shape index (κ2) is 15.1. The van der Waals surface area contributed by atoms with Crippen LogP contribution in [-0.4, -0.2) is 67.9 Å². The van der Waals surface area contributed by atoms with E-state index in [1.807, 2.05) is 54.6 Å². The van der Waals surface area contributed by atoms with Gasteiger partial charge in [-0.05, 0) is 46.5 Å². The standard InChI is InChI=1S/C30H37ClN4O6/c1-38-18-24-27(37)28(39-17-20-8-11-21-5-2-3-6-22(21)15-20)26(35-25(36)7-4-14-34-30(32)33)29(41-24)40-16-19-9-12-23(31)13-10-19/h2-3,5-6,8-13,15,24,26-29,37H,4,7,14,16-18H2,1H3,(H,35,36)(H4,32,33,34)/t24-,26-,27-,28-,29-/m1/s1. The number of halogens is 1. The van der Waals surface area contributed by atoms with Crippen molar-refractivity contribution in [1.82, 2.24) is 5.32 Å². The number of hydrogen-bond acceptors (Lipinski definition) is 7. The largest absolute Gasteiger partial charge is 0.388 e. The van der Waals surface area contributed by atoms with E-state index in [-0.39, 0.29) is 38.1 Å². The first-order valence-electron chi connectivity index (χ1n) is 13.5. The molecular formula is C30H37ClN4O6. The number of hydrogen-bond donors (Lipinski definition) is 4. The third-order valence-corrected chi connectivity index (χ3v) is 7.02. The molecule has 1 amide bonds. The first kappa shape index (κ1) is 30.7. The van der Waals surface area contributed by atoms with Gasteiger partial charge in [0, 0.05) is 25.1 Å². The average Bonchev–Trinajstić information content (AvgIpc) is 2.96. The number of guanidine groups is 1. The third kappa shape index (κ3) is 8.87. The number of rotatable bonds is 13. The van der Waals surface area contributed by atoms with Gasteiger partial charge in [-0.1, -0.05) is 60.1 Å². The SMILES string of the molecule is COC[C@H]1O[C@@H](OCc2ccc(Cl)cc2)[C@H](NC(=O)CCCN=C(N)N)[C@@H](OCc2ccc3ccccc3c2)[C@@H]1O.